The summed E-state index contributed by atoms with van der Waals surface area (Å²) in [6, 6.07) is 12.7. The number of carbonyl (C=O) groups excluding carboxylic acids is 2. The molecule has 0 amide bonds. The lowest BCUT2D eigenvalue weighted by atomic mass is 10.0. The van der Waals surface area contributed by atoms with Gasteiger partial charge in [0.25, 0.3) is 0 Å². The third kappa shape index (κ3) is 4.01. The van der Waals surface area contributed by atoms with E-state index in [1.807, 2.05) is 30.3 Å². The highest BCUT2D eigenvalue weighted by Crippen LogP contribution is 2.27. The van der Waals surface area contributed by atoms with Crippen LogP contribution in [-0.2, 0) is 13.9 Å². The average molecular weight is 425 g/mol. The summed E-state index contributed by atoms with van der Waals surface area (Å²) < 4.78 is 10.2. The molecule has 0 aliphatic carbocycles. The number of hydrogen-bond acceptors (Lipinski definition) is 5. The molecule has 0 radical (unpaired) electrons. The Hall–Kier alpha value is -2.09. The zero-order valence-corrected chi connectivity index (χ0v) is 14.9. The number of esters is 2. The van der Waals surface area contributed by atoms with Crippen LogP contribution in [0.15, 0.2) is 42.5 Å². The molecule has 0 aliphatic rings. The van der Waals surface area contributed by atoms with E-state index in [4.69, 9.17) is 9.47 Å². The fraction of sp³-hybridized carbons (Fsp3) is 0.176. The van der Waals surface area contributed by atoms with Crippen molar-refractivity contribution in [3.8, 4) is 0 Å². The van der Waals surface area contributed by atoms with E-state index in [1.54, 1.807) is 12.1 Å². The Labute approximate surface area is 148 Å². The number of benzene rings is 2. The number of alkyl halides is 1. The Morgan fingerprint density at radius 2 is 1.61 bits per heavy atom. The monoisotopic (exact) mass is 425 g/mol. The normalized spacial score (nSPS) is 10.0. The van der Waals surface area contributed by atoms with Crippen LogP contribution in [0.2, 0.25) is 0 Å². The van der Waals surface area contributed by atoms with Crippen LogP contribution in [0.4, 0.5) is 11.4 Å². The van der Waals surface area contributed by atoms with Gasteiger partial charge in [0, 0.05) is 10.1 Å². The van der Waals surface area contributed by atoms with E-state index < -0.39 is 11.9 Å². The van der Waals surface area contributed by atoms with Gasteiger partial charge in [-0.2, -0.15) is 0 Å². The van der Waals surface area contributed by atoms with Crippen LogP contribution in [0, 0.1) is 0 Å². The molecule has 120 valence electrons. The van der Waals surface area contributed by atoms with Crippen LogP contribution in [0.3, 0.4) is 0 Å². The molecule has 2 rings (SSSR count). The maximum atomic E-state index is 12.1. The van der Waals surface area contributed by atoms with Gasteiger partial charge in [-0.25, -0.2) is 9.59 Å². The highest BCUT2D eigenvalue weighted by molar-refractivity contribution is 14.1. The van der Waals surface area contributed by atoms with Gasteiger partial charge in [0.1, 0.15) is 0 Å². The standard InChI is InChI=1S/C17H16INO4/c1-22-16(20)13-9-15(19-12-6-4-3-5-7-12)14(17(21)23-2)8-11(13)10-18/h3-9,19H,10H2,1-2H3. The lowest BCUT2D eigenvalue weighted by molar-refractivity contribution is 0.0586. The predicted octanol–water partition coefficient (Wildman–Crippen LogP) is 3.94. The van der Waals surface area contributed by atoms with Crippen molar-refractivity contribution in [2.45, 2.75) is 4.43 Å². The molecule has 0 heterocycles. The highest BCUT2D eigenvalue weighted by Gasteiger charge is 2.20. The van der Waals surface area contributed by atoms with E-state index in [-0.39, 0.29) is 0 Å². The minimum absolute atomic E-state index is 0.371. The first kappa shape index (κ1) is 17.3. The lowest BCUT2D eigenvalue weighted by Crippen LogP contribution is -2.11. The molecule has 2 aromatic rings. The van der Waals surface area contributed by atoms with Crippen molar-refractivity contribution in [2.24, 2.45) is 0 Å². The summed E-state index contributed by atoms with van der Waals surface area (Å²) in [6.07, 6.45) is 0. The van der Waals surface area contributed by atoms with Crippen molar-refractivity contribution < 1.29 is 19.1 Å². The SMILES string of the molecule is COC(=O)c1cc(Nc2ccccc2)c(C(=O)OC)cc1CI. The van der Waals surface area contributed by atoms with Crippen molar-refractivity contribution in [2.75, 3.05) is 19.5 Å². The number of anilines is 2. The Kier molecular flexibility index (Phi) is 5.97. The van der Waals surface area contributed by atoms with Gasteiger partial charge in [0.15, 0.2) is 0 Å². The van der Waals surface area contributed by atoms with Gasteiger partial charge in [-0.05, 0) is 29.8 Å². The number of halogens is 1. The molecule has 6 heteroatoms. The average Bonchev–Trinajstić information content (AvgIpc) is 2.60. The van der Waals surface area contributed by atoms with E-state index in [0.717, 1.165) is 11.3 Å². The molecule has 0 aliphatic heterocycles. The molecule has 0 unspecified atom stereocenters. The zero-order valence-electron chi connectivity index (χ0n) is 12.8. The lowest BCUT2D eigenvalue weighted by Gasteiger charge is -2.15. The van der Waals surface area contributed by atoms with Gasteiger partial charge in [0.2, 0.25) is 0 Å². The summed E-state index contributed by atoms with van der Waals surface area (Å²) in [6.45, 7) is 0. The van der Waals surface area contributed by atoms with Crippen LogP contribution in [0.1, 0.15) is 26.3 Å². The van der Waals surface area contributed by atoms with E-state index >= 15 is 0 Å². The van der Waals surface area contributed by atoms with Gasteiger partial charge in [0.05, 0.1) is 31.0 Å². The number of rotatable bonds is 5. The Morgan fingerprint density at radius 1 is 1.00 bits per heavy atom. The molecule has 0 bridgehead atoms. The number of para-hydroxylation sites is 1. The first-order valence-electron chi connectivity index (χ1n) is 6.82. The summed E-state index contributed by atoms with van der Waals surface area (Å²) in [5, 5.41) is 3.15. The largest absolute Gasteiger partial charge is 0.465 e. The van der Waals surface area contributed by atoms with E-state index in [1.165, 1.54) is 14.2 Å². The maximum Gasteiger partial charge on any atom is 0.339 e. The second kappa shape index (κ2) is 7.96. The number of methoxy groups -OCH3 is 2. The first-order chi connectivity index (χ1) is 11.1. The summed E-state index contributed by atoms with van der Waals surface area (Å²) in [4.78, 5) is 24.0. The summed E-state index contributed by atoms with van der Waals surface area (Å²) in [5.41, 5.74) is 2.81. The van der Waals surface area contributed by atoms with E-state index in [9.17, 15) is 9.59 Å². The first-order valence-corrected chi connectivity index (χ1v) is 8.34. The van der Waals surface area contributed by atoms with Crippen molar-refractivity contribution >= 4 is 45.9 Å². The van der Waals surface area contributed by atoms with Crippen LogP contribution in [0.25, 0.3) is 0 Å². The second-order valence-corrected chi connectivity index (χ2v) is 5.43. The fourth-order valence-corrected chi connectivity index (χ4v) is 2.75. The number of nitrogens with one attached hydrogen (secondary N) is 1. The smallest absolute Gasteiger partial charge is 0.339 e. The molecular weight excluding hydrogens is 409 g/mol. The highest BCUT2D eigenvalue weighted by atomic mass is 127. The molecule has 1 N–H and O–H groups in total. The Bertz CT molecular complexity index is 716. The molecule has 0 spiro atoms. The van der Waals surface area contributed by atoms with Crippen LogP contribution in [0.5, 0.6) is 0 Å². The van der Waals surface area contributed by atoms with Gasteiger partial charge in [-0.15, -0.1) is 0 Å². The van der Waals surface area contributed by atoms with Crippen LogP contribution >= 0.6 is 22.6 Å². The number of hydrogen-bond donors (Lipinski definition) is 1. The molecule has 5 nitrogen and oxygen atoms in total. The Balaban J connectivity index is 2.56. The fourth-order valence-electron chi connectivity index (χ4n) is 2.11. The molecular formula is C17H16INO4. The van der Waals surface area contributed by atoms with Gasteiger partial charge >= 0.3 is 11.9 Å². The van der Waals surface area contributed by atoms with Crippen molar-refractivity contribution in [1.82, 2.24) is 0 Å². The quantitative estimate of drug-likeness (QED) is 0.447. The van der Waals surface area contributed by atoms with Gasteiger partial charge < -0.3 is 14.8 Å². The Morgan fingerprint density at radius 3 is 2.17 bits per heavy atom. The van der Waals surface area contributed by atoms with Crippen LogP contribution in [-0.4, -0.2) is 26.2 Å². The predicted molar refractivity (Wildman–Crippen MR) is 96.6 cm³/mol. The van der Waals surface area contributed by atoms with Crippen LogP contribution < -0.4 is 5.32 Å². The van der Waals surface area contributed by atoms with Crippen molar-refractivity contribution in [3.05, 3.63) is 59.2 Å². The maximum absolute atomic E-state index is 12.1. The zero-order chi connectivity index (χ0) is 16.8. The molecule has 2 aromatic carbocycles. The number of carbonyl (C=O) groups is 2. The topological polar surface area (TPSA) is 64.6 Å². The third-order valence-electron chi connectivity index (χ3n) is 3.25. The summed E-state index contributed by atoms with van der Waals surface area (Å²) >= 11 is 2.14. The second-order valence-electron chi connectivity index (χ2n) is 4.66. The minimum atomic E-state index is -0.467. The molecule has 0 aromatic heterocycles. The van der Waals surface area contributed by atoms with E-state index in [2.05, 4.69) is 27.9 Å². The van der Waals surface area contributed by atoms with Gasteiger partial charge in [-0.3, -0.25) is 0 Å². The molecule has 23 heavy (non-hydrogen) atoms. The van der Waals surface area contributed by atoms with E-state index in [0.29, 0.717) is 21.2 Å². The molecule has 0 saturated carbocycles. The minimum Gasteiger partial charge on any atom is -0.465 e. The summed E-state index contributed by atoms with van der Waals surface area (Å²) in [5.74, 6) is -0.907. The van der Waals surface area contributed by atoms with Gasteiger partial charge in [-0.1, -0.05) is 40.8 Å². The molecule has 0 saturated heterocycles. The summed E-state index contributed by atoms with van der Waals surface area (Å²) in [7, 11) is 2.66. The molecule has 0 fully saturated rings. The van der Waals surface area contributed by atoms with Crippen molar-refractivity contribution in [3.63, 3.8) is 0 Å². The van der Waals surface area contributed by atoms with Crippen molar-refractivity contribution in [1.29, 1.82) is 0 Å². The third-order valence-corrected chi connectivity index (χ3v) is 4.07. The number of ether oxygens (including phenoxy) is 2. The molecule has 0 atom stereocenters.